The van der Waals surface area contributed by atoms with Gasteiger partial charge < -0.3 is 5.11 Å². The molecule has 0 atom stereocenters. The van der Waals surface area contributed by atoms with Crippen LogP contribution in [0.2, 0.25) is 16.6 Å². The van der Waals surface area contributed by atoms with Gasteiger partial charge in [0, 0.05) is 0 Å². The van der Waals surface area contributed by atoms with E-state index < -0.39 is 8.07 Å². The largest absolute Gasteiger partial charge is 0.392 e. The van der Waals surface area contributed by atoms with E-state index in [4.69, 9.17) is 0 Å². The lowest BCUT2D eigenvalue weighted by Crippen LogP contribution is -2.55. The van der Waals surface area contributed by atoms with Crippen molar-refractivity contribution in [1.29, 1.82) is 0 Å². The Bertz CT molecular complexity index is 333. The quantitative estimate of drug-likeness (QED) is 0.798. The van der Waals surface area contributed by atoms with Gasteiger partial charge in [0.05, 0.1) is 6.61 Å². The molecule has 1 nitrogen and oxygen atoms in total. The number of hydrogen-bond acceptors (Lipinski definition) is 2. The number of aliphatic hydroxyl groups is 1. The Hall–Kier alpha value is -0.123. The first-order valence-corrected chi connectivity index (χ1v) is 9.67. The van der Waals surface area contributed by atoms with Gasteiger partial charge in [-0.2, -0.15) is 11.3 Å². The minimum atomic E-state index is -1.56. The lowest BCUT2D eigenvalue weighted by atomic mass is 10.4. The number of rotatable bonds is 5. The van der Waals surface area contributed by atoms with Crippen molar-refractivity contribution >= 4 is 23.9 Å². The molecule has 0 aliphatic heterocycles. The van der Waals surface area contributed by atoms with E-state index in [-0.39, 0.29) is 6.61 Å². The predicted octanol–water partition coefficient (Wildman–Crippen LogP) is 4.13. The summed E-state index contributed by atoms with van der Waals surface area (Å²) in [7, 11) is -1.56. The van der Waals surface area contributed by atoms with Gasteiger partial charge >= 0.3 is 0 Å². The Labute approximate surface area is 111 Å². The molecule has 0 saturated carbocycles. The van der Waals surface area contributed by atoms with Crippen molar-refractivity contribution < 1.29 is 5.11 Å². The maximum absolute atomic E-state index is 9.54. The molecule has 98 valence electrons. The van der Waals surface area contributed by atoms with Crippen LogP contribution in [0, 0.1) is 0 Å². The van der Waals surface area contributed by atoms with Crippen LogP contribution < -0.4 is 4.50 Å². The molecule has 1 aromatic heterocycles. The summed E-state index contributed by atoms with van der Waals surface area (Å²) in [6.45, 7) is 14.4. The van der Waals surface area contributed by atoms with Crippen molar-refractivity contribution in [3.8, 4) is 0 Å². The lowest BCUT2D eigenvalue weighted by Gasteiger charge is -2.43. The molecule has 0 radical (unpaired) electrons. The van der Waals surface area contributed by atoms with Crippen molar-refractivity contribution in [1.82, 2.24) is 0 Å². The molecule has 0 spiro atoms. The van der Waals surface area contributed by atoms with Gasteiger partial charge in [0.15, 0.2) is 0 Å². The molecule has 0 aliphatic carbocycles. The second-order valence-corrected chi connectivity index (χ2v) is 12.9. The van der Waals surface area contributed by atoms with Crippen molar-refractivity contribution in [2.24, 2.45) is 0 Å². The van der Waals surface area contributed by atoms with E-state index >= 15 is 0 Å². The van der Waals surface area contributed by atoms with Gasteiger partial charge in [0.1, 0.15) is 8.07 Å². The van der Waals surface area contributed by atoms with E-state index in [0.717, 1.165) is 0 Å². The van der Waals surface area contributed by atoms with Crippen LogP contribution in [0.3, 0.4) is 0 Å². The first kappa shape index (κ1) is 14.9. The first-order chi connectivity index (χ1) is 7.88. The molecule has 0 fully saturated rings. The Kier molecular flexibility index (Phi) is 4.99. The fraction of sp³-hybridized carbons (Fsp3) is 0.714. The Morgan fingerprint density at radius 1 is 1.06 bits per heavy atom. The first-order valence-electron chi connectivity index (χ1n) is 6.56. The predicted molar refractivity (Wildman–Crippen MR) is 80.9 cm³/mol. The summed E-state index contributed by atoms with van der Waals surface area (Å²) in [4.78, 5) is 0. The molecule has 0 aromatic carbocycles. The molecule has 0 amide bonds. The highest BCUT2D eigenvalue weighted by molar-refractivity contribution is 7.26. The van der Waals surface area contributed by atoms with Gasteiger partial charge in [0.2, 0.25) is 0 Å². The van der Waals surface area contributed by atoms with Gasteiger partial charge in [-0.1, -0.05) is 41.5 Å². The molecule has 17 heavy (non-hydrogen) atoms. The highest BCUT2D eigenvalue weighted by atomic mass is 32.1. The summed E-state index contributed by atoms with van der Waals surface area (Å²) in [6.07, 6.45) is 0. The number of hydrogen-bond donors (Lipinski definition) is 1. The highest BCUT2D eigenvalue weighted by Crippen LogP contribution is 2.42. The minimum absolute atomic E-state index is 0.194. The summed E-state index contributed by atoms with van der Waals surface area (Å²) in [5.74, 6) is 0. The summed E-state index contributed by atoms with van der Waals surface area (Å²) >= 11 is 1.87. The Balaban J connectivity index is 3.42. The SMILES string of the molecule is CC(C)[Si](c1sccc1CO)(C(C)C)C(C)C. The fourth-order valence-corrected chi connectivity index (χ4v) is 13.7. The minimum Gasteiger partial charge on any atom is -0.392 e. The third-order valence-corrected chi connectivity index (χ3v) is 13.2. The van der Waals surface area contributed by atoms with E-state index in [1.165, 1.54) is 10.1 Å². The summed E-state index contributed by atoms with van der Waals surface area (Å²) in [6, 6.07) is 2.11. The zero-order valence-electron chi connectivity index (χ0n) is 11.9. The van der Waals surface area contributed by atoms with Crippen molar-refractivity contribution in [2.75, 3.05) is 0 Å². The third-order valence-electron chi connectivity index (χ3n) is 4.18. The Morgan fingerprint density at radius 2 is 1.53 bits per heavy atom. The summed E-state index contributed by atoms with van der Waals surface area (Å²) < 4.78 is 1.53. The molecule has 3 heteroatoms. The fourth-order valence-electron chi connectivity index (χ4n) is 3.63. The van der Waals surface area contributed by atoms with Gasteiger partial charge in [-0.05, 0) is 38.1 Å². The standard InChI is InChI=1S/C14H26OSSi/c1-10(2)17(11(3)4,12(5)6)14-13(9-15)7-8-16-14/h7-8,10-12,15H,9H2,1-6H3. The molecule has 0 aliphatic rings. The van der Waals surface area contributed by atoms with Crippen LogP contribution >= 0.6 is 11.3 Å². The van der Waals surface area contributed by atoms with E-state index in [0.29, 0.717) is 16.6 Å². The molecule has 1 rings (SSSR count). The number of aliphatic hydroxyl groups excluding tert-OH is 1. The average molecular weight is 271 g/mol. The van der Waals surface area contributed by atoms with Crippen molar-refractivity contribution in [3.05, 3.63) is 17.0 Å². The van der Waals surface area contributed by atoms with Crippen LogP contribution in [0.1, 0.15) is 47.1 Å². The van der Waals surface area contributed by atoms with Crippen LogP contribution in [0.4, 0.5) is 0 Å². The molecule has 0 saturated heterocycles. The van der Waals surface area contributed by atoms with E-state index in [1.807, 2.05) is 11.3 Å². The molecular weight excluding hydrogens is 244 g/mol. The monoisotopic (exact) mass is 270 g/mol. The van der Waals surface area contributed by atoms with E-state index in [9.17, 15) is 5.11 Å². The Morgan fingerprint density at radius 3 is 1.88 bits per heavy atom. The zero-order valence-corrected chi connectivity index (χ0v) is 13.8. The molecule has 0 bridgehead atoms. The van der Waals surface area contributed by atoms with E-state index in [2.05, 4.69) is 53.0 Å². The summed E-state index contributed by atoms with van der Waals surface area (Å²) in [5.41, 5.74) is 3.32. The van der Waals surface area contributed by atoms with E-state index in [1.54, 1.807) is 0 Å². The second kappa shape index (κ2) is 5.68. The van der Waals surface area contributed by atoms with Gasteiger partial charge in [-0.3, -0.25) is 0 Å². The lowest BCUT2D eigenvalue weighted by molar-refractivity contribution is 0.283. The maximum Gasteiger partial charge on any atom is 0.107 e. The normalized spacial score (nSPS) is 13.1. The smallest absolute Gasteiger partial charge is 0.107 e. The third kappa shape index (κ3) is 2.38. The van der Waals surface area contributed by atoms with Crippen LogP contribution in [0.25, 0.3) is 0 Å². The van der Waals surface area contributed by atoms with Crippen molar-refractivity contribution in [3.63, 3.8) is 0 Å². The van der Waals surface area contributed by atoms with Gasteiger partial charge in [-0.25, -0.2) is 0 Å². The van der Waals surface area contributed by atoms with Crippen LogP contribution in [0.5, 0.6) is 0 Å². The molecule has 1 heterocycles. The maximum atomic E-state index is 9.54. The van der Waals surface area contributed by atoms with Crippen LogP contribution in [-0.4, -0.2) is 13.2 Å². The highest BCUT2D eigenvalue weighted by Gasteiger charge is 2.46. The molecule has 0 unspecified atom stereocenters. The van der Waals surface area contributed by atoms with Crippen LogP contribution in [-0.2, 0) is 6.61 Å². The number of thiophene rings is 1. The van der Waals surface area contributed by atoms with Crippen LogP contribution in [0.15, 0.2) is 11.4 Å². The van der Waals surface area contributed by atoms with Gasteiger partial charge in [-0.15, -0.1) is 0 Å². The van der Waals surface area contributed by atoms with Gasteiger partial charge in [0.25, 0.3) is 0 Å². The zero-order chi connectivity index (χ0) is 13.2. The molecule has 1 N–H and O–H groups in total. The topological polar surface area (TPSA) is 20.2 Å². The summed E-state index contributed by atoms with van der Waals surface area (Å²) in [5, 5.41) is 11.7. The molecule has 1 aromatic rings. The van der Waals surface area contributed by atoms with Crippen molar-refractivity contribution in [2.45, 2.75) is 64.8 Å². The second-order valence-electron chi connectivity index (χ2n) is 5.83. The average Bonchev–Trinajstić information content (AvgIpc) is 2.65. The molecular formula is C14H26OSSi.